The lowest BCUT2D eigenvalue weighted by Crippen LogP contribution is -2.28. The number of hydrogen-bond acceptors (Lipinski definition) is 3. The largest absolute Gasteiger partial charge is 0.346 e. The molecule has 0 unspecified atom stereocenters. The van der Waals surface area contributed by atoms with Crippen molar-refractivity contribution in [2.75, 3.05) is 6.54 Å². The molecule has 1 fully saturated rings. The second kappa shape index (κ2) is 6.41. The molecule has 0 aromatic carbocycles. The van der Waals surface area contributed by atoms with Crippen LogP contribution < -0.4 is 10.0 Å². The Bertz CT molecular complexity index is 580. The van der Waals surface area contributed by atoms with E-state index in [4.69, 9.17) is 0 Å². The van der Waals surface area contributed by atoms with E-state index >= 15 is 0 Å². The van der Waals surface area contributed by atoms with Crippen LogP contribution in [-0.2, 0) is 16.6 Å². The molecule has 0 bridgehead atoms. The van der Waals surface area contributed by atoms with E-state index < -0.39 is 23.0 Å². The van der Waals surface area contributed by atoms with Crippen LogP contribution in [0, 0.1) is 0 Å². The predicted octanol–water partition coefficient (Wildman–Crippen LogP) is 1.86. The van der Waals surface area contributed by atoms with Gasteiger partial charge in [-0.2, -0.15) is 0 Å². The van der Waals surface area contributed by atoms with Crippen molar-refractivity contribution in [1.29, 1.82) is 0 Å². The molecule has 0 spiro atoms. The Hall–Kier alpha value is -0.990. The number of halogens is 2. The van der Waals surface area contributed by atoms with Gasteiger partial charge in [0.15, 0.2) is 0 Å². The van der Waals surface area contributed by atoms with E-state index in [0.717, 1.165) is 18.5 Å². The highest BCUT2D eigenvalue weighted by atomic mass is 32.2. The molecule has 2 N–H and O–H groups in total. The van der Waals surface area contributed by atoms with Gasteiger partial charge in [0.2, 0.25) is 10.0 Å². The molecular formula is C13H21F2N3O2S. The lowest BCUT2D eigenvalue weighted by atomic mass is 10.3. The topological polar surface area (TPSA) is 63.1 Å². The molecule has 1 aliphatic carbocycles. The van der Waals surface area contributed by atoms with Gasteiger partial charge in [-0.15, -0.1) is 0 Å². The third-order valence-corrected chi connectivity index (χ3v) is 4.74. The fourth-order valence-electron chi connectivity index (χ4n) is 2.06. The first-order chi connectivity index (χ1) is 9.79. The molecule has 0 aliphatic heterocycles. The van der Waals surface area contributed by atoms with Crippen LogP contribution in [-0.4, -0.2) is 32.0 Å². The first kappa shape index (κ1) is 16.4. The summed E-state index contributed by atoms with van der Waals surface area (Å²) in [4.78, 5) is 0.0319. The predicted molar refractivity (Wildman–Crippen MR) is 75.9 cm³/mol. The highest BCUT2D eigenvalue weighted by Crippen LogP contribution is 2.22. The molecule has 8 heteroatoms. The molecule has 1 aromatic heterocycles. The maximum absolute atomic E-state index is 12.2. The number of aromatic nitrogens is 1. The van der Waals surface area contributed by atoms with E-state index in [-0.39, 0.29) is 10.9 Å². The van der Waals surface area contributed by atoms with Gasteiger partial charge in [-0.25, -0.2) is 21.9 Å². The number of alkyl halides is 2. The van der Waals surface area contributed by atoms with Gasteiger partial charge in [-0.1, -0.05) is 0 Å². The van der Waals surface area contributed by atoms with Crippen molar-refractivity contribution in [3.63, 3.8) is 0 Å². The normalized spacial score (nSPS) is 16.1. The molecule has 21 heavy (non-hydrogen) atoms. The molecule has 0 radical (unpaired) electrons. The first-order valence-electron chi connectivity index (χ1n) is 7.01. The van der Waals surface area contributed by atoms with Crippen LogP contribution in [0.3, 0.4) is 0 Å². The van der Waals surface area contributed by atoms with E-state index in [1.807, 2.05) is 23.1 Å². The summed E-state index contributed by atoms with van der Waals surface area (Å²) < 4.78 is 52.1. The highest BCUT2D eigenvalue weighted by molar-refractivity contribution is 7.89. The Balaban J connectivity index is 2.16. The van der Waals surface area contributed by atoms with Crippen LogP contribution >= 0.6 is 0 Å². The second-order valence-electron chi connectivity index (χ2n) is 5.57. The third kappa shape index (κ3) is 4.49. The van der Waals surface area contributed by atoms with Crippen molar-refractivity contribution < 1.29 is 17.2 Å². The van der Waals surface area contributed by atoms with Crippen LogP contribution in [0.4, 0.5) is 8.78 Å². The Morgan fingerprint density at radius 2 is 2.05 bits per heavy atom. The number of nitrogens with one attached hydrogen (secondary N) is 2. The van der Waals surface area contributed by atoms with Gasteiger partial charge in [0.25, 0.3) is 6.43 Å². The maximum Gasteiger partial charge on any atom is 0.251 e. The summed E-state index contributed by atoms with van der Waals surface area (Å²) in [5, 5.41) is 3.33. The van der Waals surface area contributed by atoms with Crippen LogP contribution in [0.5, 0.6) is 0 Å². The van der Waals surface area contributed by atoms with Gasteiger partial charge in [-0.05, 0) is 32.8 Å². The van der Waals surface area contributed by atoms with Crippen molar-refractivity contribution in [2.45, 2.75) is 56.6 Å². The van der Waals surface area contributed by atoms with Gasteiger partial charge >= 0.3 is 0 Å². The molecule has 1 heterocycles. The van der Waals surface area contributed by atoms with Gasteiger partial charge in [-0.3, -0.25) is 0 Å². The maximum atomic E-state index is 12.2. The molecular weight excluding hydrogens is 300 g/mol. The minimum absolute atomic E-state index is 0.0319. The fraction of sp³-hybridized carbons (Fsp3) is 0.692. The number of rotatable bonds is 8. The Kier molecular flexibility index (Phi) is 5.00. The number of sulfonamides is 1. The minimum atomic E-state index is -3.89. The van der Waals surface area contributed by atoms with Crippen molar-refractivity contribution >= 4 is 10.0 Å². The molecule has 0 amide bonds. The van der Waals surface area contributed by atoms with E-state index in [9.17, 15) is 17.2 Å². The van der Waals surface area contributed by atoms with Crippen LogP contribution in [0.2, 0.25) is 0 Å². The zero-order valence-corrected chi connectivity index (χ0v) is 13.0. The zero-order chi connectivity index (χ0) is 15.6. The van der Waals surface area contributed by atoms with E-state index in [1.54, 1.807) is 6.07 Å². The Labute approximate surface area is 123 Å². The van der Waals surface area contributed by atoms with Crippen LogP contribution in [0.1, 0.15) is 38.4 Å². The van der Waals surface area contributed by atoms with Gasteiger partial charge in [0.05, 0.1) is 11.4 Å². The third-order valence-electron chi connectivity index (χ3n) is 3.35. The van der Waals surface area contributed by atoms with Crippen LogP contribution in [0.25, 0.3) is 0 Å². The molecule has 0 saturated heterocycles. The fourth-order valence-corrected chi connectivity index (χ4v) is 3.11. The molecule has 5 nitrogen and oxygen atoms in total. The highest BCUT2D eigenvalue weighted by Gasteiger charge is 2.23. The van der Waals surface area contributed by atoms with Crippen molar-refractivity contribution in [2.24, 2.45) is 0 Å². The van der Waals surface area contributed by atoms with Crippen molar-refractivity contribution in [3.8, 4) is 0 Å². The zero-order valence-electron chi connectivity index (χ0n) is 12.1. The summed E-state index contributed by atoms with van der Waals surface area (Å²) in [6.07, 6.45) is 1.08. The summed E-state index contributed by atoms with van der Waals surface area (Å²) >= 11 is 0. The molecule has 1 aromatic rings. The molecule has 1 saturated carbocycles. The first-order valence-corrected chi connectivity index (χ1v) is 8.50. The van der Waals surface area contributed by atoms with Gasteiger partial charge < -0.3 is 9.88 Å². The average molecular weight is 321 g/mol. The van der Waals surface area contributed by atoms with E-state index in [2.05, 4.69) is 5.32 Å². The molecule has 0 atom stereocenters. The molecule has 120 valence electrons. The smallest absolute Gasteiger partial charge is 0.251 e. The van der Waals surface area contributed by atoms with E-state index in [0.29, 0.717) is 12.6 Å². The van der Waals surface area contributed by atoms with Gasteiger partial charge in [0.1, 0.15) is 0 Å². The summed E-state index contributed by atoms with van der Waals surface area (Å²) in [6, 6.07) is 2.15. The van der Waals surface area contributed by atoms with Crippen LogP contribution in [0.15, 0.2) is 17.2 Å². The van der Waals surface area contributed by atoms with Gasteiger partial charge in [0, 0.05) is 30.5 Å². The van der Waals surface area contributed by atoms with Crippen molar-refractivity contribution in [1.82, 2.24) is 14.6 Å². The standard InChI is InChI=1S/C13H21F2N3O2S/c1-9(2)18-8-12(21(19,20)17-7-13(14)15)5-11(18)6-16-10-3-4-10/h5,8-10,13,16-17H,3-4,6-7H2,1-2H3. The van der Waals surface area contributed by atoms with E-state index in [1.165, 1.54) is 6.20 Å². The quantitative estimate of drug-likeness (QED) is 0.768. The number of nitrogens with zero attached hydrogens (tertiary/aromatic N) is 1. The monoisotopic (exact) mass is 321 g/mol. The Morgan fingerprint density at radius 3 is 2.57 bits per heavy atom. The summed E-state index contributed by atoms with van der Waals surface area (Å²) in [6.45, 7) is 3.60. The number of hydrogen-bond donors (Lipinski definition) is 2. The summed E-state index contributed by atoms with van der Waals surface area (Å²) in [7, 11) is -3.89. The lowest BCUT2D eigenvalue weighted by Gasteiger charge is -2.13. The molecule has 2 rings (SSSR count). The van der Waals surface area contributed by atoms with Crippen molar-refractivity contribution in [3.05, 3.63) is 18.0 Å². The lowest BCUT2D eigenvalue weighted by molar-refractivity contribution is 0.153. The Morgan fingerprint density at radius 1 is 1.38 bits per heavy atom. The molecule has 1 aliphatic rings. The second-order valence-corrected chi connectivity index (χ2v) is 7.33. The SMILES string of the molecule is CC(C)n1cc(S(=O)(=O)NCC(F)F)cc1CNC1CC1. The summed E-state index contributed by atoms with van der Waals surface area (Å²) in [5.41, 5.74) is 0.842. The average Bonchev–Trinajstić information content (AvgIpc) is 3.11. The summed E-state index contributed by atoms with van der Waals surface area (Å²) in [5.74, 6) is 0. The minimum Gasteiger partial charge on any atom is -0.346 e.